The number of rotatable bonds is 3. The second kappa shape index (κ2) is 6.50. The molecule has 1 aromatic carbocycles. The van der Waals surface area contributed by atoms with Gasteiger partial charge in [0.2, 0.25) is 0 Å². The highest BCUT2D eigenvalue weighted by Gasteiger charge is 2.26. The topological polar surface area (TPSA) is 23.6 Å². The van der Waals surface area contributed by atoms with Crippen molar-refractivity contribution in [2.75, 3.05) is 42.6 Å². The molecule has 2 aliphatic rings. The van der Waals surface area contributed by atoms with Crippen LogP contribution < -0.4 is 4.90 Å². The highest BCUT2D eigenvalue weighted by molar-refractivity contribution is 8.15. The van der Waals surface area contributed by atoms with Crippen LogP contribution in [-0.4, -0.2) is 53.1 Å². The molecule has 0 N–H and O–H groups in total. The zero-order valence-electron chi connectivity index (χ0n) is 11.1. The van der Waals surface area contributed by atoms with Crippen molar-refractivity contribution in [2.24, 2.45) is 0 Å². The molecule has 3 nitrogen and oxygen atoms in total. The number of nitrogens with zero attached hydrogens (tertiary/aromatic N) is 2. The molecule has 1 amide bonds. The molecule has 1 aromatic rings. The number of hydrogen-bond donors (Lipinski definition) is 0. The van der Waals surface area contributed by atoms with Crippen molar-refractivity contribution >= 4 is 46.1 Å². The Morgan fingerprint density at radius 3 is 2.75 bits per heavy atom. The van der Waals surface area contributed by atoms with Gasteiger partial charge in [0.25, 0.3) is 5.24 Å². The standard InChI is InChI=1S/C14H17ClN2OS2/c15-11-2-1-3-12(8-11)16-4-6-17(7-5-16)14(18)20-10-13-9-19-13/h1-3,8,13H,4-7,9-10H2. The predicted molar refractivity (Wildman–Crippen MR) is 89.3 cm³/mol. The zero-order chi connectivity index (χ0) is 13.9. The summed E-state index contributed by atoms with van der Waals surface area (Å²) in [4.78, 5) is 16.3. The van der Waals surface area contributed by atoms with Gasteiger partial charge >= 0.3 is 0 Å². The number of benzene rings is 1. The minimum Gasteiger partial charge on any atom is -0.368 e. The van der Waals surface area contributed by atoms with Gasteiger partial charge in [0.05, 0.1) is 0 Å². The van der Waals surface area contributed by atoms with Gasteiger partial charge in [-0.3, -0.25) is 4.79 Å². The first-order valence-corrected chi connectivity index (χ1v) is 9.17. The van der Waals surface area contributed by atoms with E-state index in [2.05, 4.69) is 11.0 Å². The number of anilines is 1. The van der Waals surface area contributed by atoms with Gasteiger partial charge in [-0.2, -0.15) is 11.8 Å². The summed E-state index contributed by atoms with van der Waals surface area (Å²) < 4.78 is 0. The van der Waals surface area contributed by atoms with Gasteiger partial charge in [-0.1, -0.05) is 29.4 Å². The number of carbonyl (C=O) groups is 1. The quantitative estimate of drug-likeness (QED) is 0.793. The maximum Gasteiger partial charge on any atom is 0.281 e. The average Bonchev–Trinajstić information content (AvgIpc) is 3.29. The summed E-state index contributed by atoms with van der Waals surface area (Å²) in [6.45, 7) is 3.36. The fourth-order valence-electron chi connectivity index (χ4n) is 2.24. The highest BCUT2D eigenvalue weighted by Crippen LogP contribution is 2.33. The Morgan fingerprint density at radius 2 is 2.10 bits per heavy atom. The molecule has 0 saturated carbocycles. The van der Waals surface area contributed by atoms with E-state index < -0.39 is 0 Å². The van der Waals surface area contributed by atoms with E-state index in [1.807, 2.05) is 34.9 Å². The maximum atomic E-state index is 12.1. The van der Waals surface area contributed by atoms with E-state index in [1.54, 1.807) is 0 Å². The molecule has 0 aromatic heterocycles. The summed E-state index contributed by atoms with van der Waals surface area (Å²) in [6, 6.07) is 7.91. The van der Waals surface area contributed by atoms with Gasteiger partial charge in [-0.15, -0.1) is 0 Å². The van der Waals surface area contributed by atoms with E-state index in [-0.39, 0.29) is 5.24 Å². The normalized spacial score (nSPS) is 21.9. The van der Waals surface area contributed by atoms with Crippen LogP contribution >= 0.6 is 35.1 Å². The molecular weight excluding hydrogens is 312 g/mol. The molecule has 0 aliphatic carbocycles. The molecule has 1 atom stereocenters. The lowest BCUT2D eigenvalue weighted by Crippen LogP contribution is -2.47. The monoisotopic (exact) mass is 328 g/mol. The third kappa shape index (κ3) is 3.77. The predicted octanol–water partition coefficient (Wildman–Crippen LogP) is 3.43. The minimum atomic E-state index is 0.239. The van der Waals surface area contributed by atoms with Crippen LogP contribution in [0, 0.1) is 0 Å². The summed E-state index contributed by atoms with van der Waals surface area (Å²) in [7, 11) is 0. The van der Waals surface area contributed by atoms with E-state index in [9.17, 15) is 4.79 Å². The number of amides is 1. The van der Waals surface area contributed by atoms with Crippen LogP contribution in [0.3, 0.4) is 0 Å². The third-order valence-electron chi connectivity index (χ3n) is 3.51. The fourth-order valence-corrected chi connectivity index (χ4v) is 4.23. The average molecular weight is 329 g/mol. The van der Waals surface area contributed by atoms with Crippen LogP contribution in [0.4, 0.5) is 10.5 Å². The number of hydrogen-bond acceptors (Lipinski definition) is 4. The fraction of sp³-hybridized carbons (Fsp3) is 0.500. The zero-order valence-corrected chi connectivity index (χ0v) is 13.5. The van der Waals surface area contributed by atoms with Crippen LogP contribution in [0.5, 0.6) is 0 Å². The van der Waals surface area contributed by atoms with Crippen LogP contribution in [0.2, 0.25) is 5.02 Å². The van der Waals surface area contributed by atoms with Gasteiger partial charge in [-0.05, 0) is 18.2 Å². The van der Waals surface area contributed by atoms with Gasteiger partial charge < -0.3 is 9.80 Å². The Hall–Kier alpha value is -0.520. The second-order valence-electron chi connectivity index (χ2n) is 4.99. The number of halogens is 1. The van der Waals surface area contributed by atoms with Gasteiger partial charge in [0, 0.05) is 53.6 Å². The Kier molecular flexibility index (Phi) is 4.68. The molecule has 20 heavy (non-hydrogen) atoms. The van der Waals surface area contributed by atoms with Crippen molar-refractivity contribution in [1.82, 2.24) is 4.90 Å². The molecule has 2 heterocycles. The van der Waals surface area contributed by atoms with Crippen LogP contribution in [0.25, 0.3) is 0 Å². The van der Waals surface area contributed by atoms with Crippen molar-refractivity contribution in [3.8, 4) is 0 Å². The Labute approximate surface area is 133 Å². The summed E-state index contributed by atoms with van der Waals surface area (Å²) in [6.07, 6.45) is 0. The Balaban J connectivity index is 1.49. The van der Waals surface area contributed by atoms with E-state index in [0.717, 1.165) is 47.9 Å². The lowest BCUT2D eigenvalue weighted by Gasteiger charge is -2.35. The van der Waals surface area contributed by atoms with Crippen LogP contribution in [0.15, 0.2) is 24.3 Å². The third-order valence-corrected chi connectivity index (χ3v) is 6.00. The number of thioether (sulfide) groups is 2. The first-order chi connectivity index (χ1) is 9.72. The SMILES string of the molecule is O=C(SCC1CS1)N1CCN(c2cccc(Cl)c2)CC1. The Bertz CT molecular complexity index is 488. The van der Waals surface area contributed by atoms with Crippen molar-refractivity contribution in [3.05, 3.63) is 29.3 Å². The molecule has 3 rings (SSSR count). The minimum absolute atomic E-state index is 0.239. The van der Waals surface area contributed by atoms with Gasteiger partial charge in [0.15, 0.2) is 0 Å². The molecule has 0 spiro atoms. The Morgan fingerprint density at radius 1 is 1.35 bits per heavy atom. The van der Waals surface area contributed by atoms with Gasteiger partial charge in [-0.25, -0.2) is 0 Å². The molecule has 2 saturated heterocycles. The molecule has 0 radical (unpaired) electrons. The van der Waals surface area contributed by atoms with Gasteiger partial charge in [0.1, 0.15) is 0 Å². The number of piperazine rings is 1. The first-order valence-electron chi connectivity index (χ1n) is 6.76. The summed E-state index contributed by atoms with van der Waals surface area (Å²) >= 11 is 9.45. The first kappa shape index (κ1) is 14.4. The van der Waals surface area contributed by atoms with Crippen molar-refractivity contribution < 1.29 is 4.79 Å². The molecule has 6 heteroatoms. The molecule has 108 valence electrons. The summed E-state index contributed by atoms with van der Waals surface area (Å²) in [5, 5.41) is 1.72. The number of carbonyl (C=O) groups excluding carboxylic acids is 1. The summed E-state index contributed by atoms with van der Waals surface area (Å²) in [5.74, 6) is 2.20. The van der Waals surface area contributed by atoms with Crippen LogP contribution in [-0.2, 0) is 0 Å². The lowest BCUT2D eigenvalue weighted by molar-refractivity contribution is 0.219. The van der Waals surface area contributed by atoms with Crippen molar-refractivity contribution in [3.63, 3.8) is 0 Å². The van der Waals surface area contributed by atoms with E-state index in [0.29, 0.717) is 0 Å². The van der Waals surface area contributed by atoms with Crippen molar-refractivity contribution in [2.45, 2.75) is 5.25 Å². The molecular formula is C14H17ClN2OS2. The molecule has 0 bridgehead atoms. The van der Waals surface area contributed by atoms with E-state index in [4.69, 9.17) is 11.6 Å². The second-order valence-corrected chi connectivity index (χ2v) is 7.73. The van der Waals surface area contributed by atoms with E-state index >= 15 is 0 Å². The highest BCUT2D eigenvalue weighted by atomic mass is 35.5. The molecule has 2 aliphatic heterocycles. The summed E-state index contributed by atoms with van der Waals surface area (Å²) in [5.41, 5.74) is 1.15. The molecule has 1 unspecified atom stereocenters. The van der Waals surface area contributed by atoms with Crippen LogP contribution in [0.1, 0.15) is 0 Å². The lowest BCUT2D eigenvalue weighted by atomic mass is 10.2. The van der Waals surface area contributed by atoms with Crippen molar-refractivity contribution in [1.29, 1.82) is 0 Å². The maximum absolute atomic E-state index is 12.1. The smallest absolute Gasteiger partial charge is 0.281 e. The largest absolute Gasteiger partial charge is 0.368 e. The van der Waals surface area contributed by atoms with E-state index in [1.165, 1.54) is 17.5 Å². The molecule has 2 fully saturated rings.